The maximum absolute atomic E-state index is 12.2. The van der Waals surface area contributed by atoms with Gasteiger partial charge in [0.25, 0.3) is 0 Å². The zero-order chi connectivity index (χ0) is 13.1. The fourth-order valence-electron chi connectivity index (χ4n) is 2.31. The molecular weight excluding hydrogens is 276 g/mol. The lowest BCUT2D eigenvalue weighted by atomic mass is 10.1. The maximum Gasteiger partial charge on any atom is 0.227 e. The zero-order valence-electron chi connectivity index (χ0n) is 11.2. The summed E-state index contributed by atoms with van der Waals surface area (Å²) in [5.74, 6) is 0.123. The lowest BCUT2D eigenvalue weighted by Gasteiger charge is -2.29. The number of hydrogen-bond donors (Lipinski definition) is 1. The Kier molecular flexibility index (Phi) is 7.17. The molecule has 0 aromatic heterocycles. The quantitative estimate of drug-likeness (QED) is 0.793. The van der Waals surface area contributed by atoms with E-state index in [9.17, 15) is 13.2 Å². The van der Waals surface area contributed by atoms with Crippen molar-refractivity contribution in [3.63, 3.8) is 0 Å². The van der Waals surface area contributed by atoms with Crippen molar-refractivity contribution >= 4 is 28.2 Å². The Balaban J connectivity index is 0.00000289. The van der Waals surface area contributed by atoms with Crippen LogP contribution >= 0.6 is 12.4 Å². The molecule has 7 heteroatoms. The molecule has 0 saturated carbocycles. The fraction of sp³-hybridized carbons (Fsp3) is 0.909. The first kappa shape index (κ1) is 17.7. The van der Waals surface area contributed by atoms with Gasteiger partial charge in [-0.1, -0.05) is 0 Å². The van der Waals surface area contributed by atoms with Crippen molar-refractivity contribution in [3.05, 3.63) is 0 Å². The van der Waals surface area contributed by atoms with E-state index in [1.165, 1.54) is 6.26 Å². The van der Waals surface area contributed by atoms with E-state index >= 15 is 0 Å². The number of nitrogens with zero attached hydrogens (tertiary/aromatic N) is 1. The Morgan fingerprint density at radius 1 is 1.50 bits per heavy atom. The molecular formula is C11H23ClN2O3S. The van der Waals surface area contributed by atoms with Crippen LogP contribution in [-0.4, -0.2) is 56.9 Å². The highest BCUT2D eigenvalue weighted by Gasteiger charge is 2.29. The lowest BCUT2D eigenvalue weighted by Crippen LogP contribution is -2.45. The topological polar surface area (TPSA) is 66.5 Å². The molecule has 108 valence electrons. The van der Waals surface area contributed by atoms with Crippen molar-refractivity contribution in [1.29, 1.82) is 0 Å². The summed E-state index contributed by atoms with van der Waals surface area (Å²) >= 11 is 0. The van der Waals surface area contributed by atoms with Crippen LogP contribution in [0.5, 0.6) is 0 Å². The Labute approximate surface area is 116 Å². The third-order valence-electron chi connectivity index (χ3n) is 3.11. The van der Waals surface area contributed by atoms with Crippen molar-refractivity contribution in [2.75, 3.05) is 31.6 Å². The second kappa shape index (κ2) is 7.31. The summed E-state index contributed by atoms with van der Waals surface area (Å²) in [6, 6.07) is -0.247. The molecule has 0 aromatic carbocycles. The monoisotopic (exact) mass is 298 g/mol. The van der Waals surface area contributed by atoms with Gasteiger partial charge >= 0.3 is 0 Å². The average molecular weight is 299 g/mol. The van der Waals surface area contributed by atoms with Gasteiger partial charge in [0.1, 0.15) is 9.84 Å². The van der Waals surface area contributed by atoms with E-state index in [1.54, 1.807) is 11.8 Å². The second-order valence-electron chi connectivity index (χ2n) is 4.76. The van der Waals surface area contributed by atoms with Gasteiger partial charge in [-0.25, -0.2) is 8.42 Å². The van der Waals surface area contributed by atoms with Crippen LogP contribution in [0.2, 0.25) is 0 Å². The number of carbonyl (C=O) groups excluding carboxylic acids is 1. The molecule has 2 atom stereocenters. The molecule has 1 aliphatic heterocycles. The Morgan fingerprint density at radius 3 is 2.50 bits per heavy atom. The minimum Gasteiger partial charge on any atom is -0.339 e. The SMILES string of the molecule is CCN(C(=O)C1CCNC1)C(C)CS(C)(=O)=O.Cl. The number of halogens is 1. The van der Waals surface area contributed by atoms with E-state index in [1.807, 2.05) is 6.92 Å². The van der Waals surface area contributed by atoms with Crippen molar-refractivity contribution in [3.8, 4) is 0 Å². The van der Waals surface area contributed by atoms with Crippen molar-refractivity contribution in [2.45, 2.75) is 26.3 Å². The molecule has 0 bridgehead atoms. The summed E-state index contributed by atoms with van der Waals surface area (Å²) in [5, 5.41) is 3.15. The van der Waals surface area contributed by atoms with Crippen molar-refractivity contribution < 1.29 is 13.2 Å². The molecule has 0 spiro atoms. The van der Waals surface area contributed by atoms with Crippen LogP contribution in [0.3, 0.4) is 0 Å². The molecule has 0 radical (unpaired) electrons. The number of amides is 1. The van der Waals surface area contributed by atoms with Crippen molar-refractivity contribution in [2.24, 2.45) is 5.92 Å². The van der Waals surface area contributed by atoms with Crippen LogP contribution in [0.4, 0.5) is 0 Å². The first-order valence-electron chi connectivity index (χ1n) is 6.04. The molecule has 1 heterocycles. The van der Waals surface area contributed by atoms with Gasteiger partial charge in [-0.15, -0.1) is 12.4 Å². The molecule has 0 aliphatic carbocycles. The number of hydrogen-bond acceptors (Lipinski definition) is 4. The third-order valence-corrected chi connectivity index (χ3v) is 4.20. The number of rotatable bonds is 5. The Hall–Kier alpha value is -0.330. The van der Waals surface area contributed by atoms with Gasteiger partial charge in [0, 0.05) is 25.4 Å². The van der Waals surface area contributed by atoms with E-state index in [0.29, 0.717) is 13.1 Å². The molecule has 0 aromatic rings. The molecule has 1 aliphatic rings. The fourth-order valence-corrected chi connectivity index (χ4v) is 3.37. The molecule has 1 fully saturated rings. The van der Waals surface area contributed by atoms with E-state index in [2.05, 4.69) is 5.32 Å². The third kappa shape index (κ3) is 5.12. The molecule has 1 N–H and O–H groups in total. The minimum atomic E-state index is -3.05. The predicted molar refractivity (Wildman–Crippen MR) is 74.8 cm³/mol. The predicted octanol–water partition coefficient (Wildman–Crippen LogP) is 0.299. The van der Waals surface area contributed by atoms with E-state index in [4.69, 9.17) is 0 Å². The standard InChI is InChI=1S/C11H22N2O3S.ClH/c1-4-13(9(2)8-17(3,15)16)11(14)10-5-6-12-7-10;/h9-10,12H,4-8H2,1-3H3;1H. The first-order chi connectivity index (χ1) is 7.85. The first-order valence-corrected chi connectivity index (χ1v) is 8.10. The summed E-state index contributed by atoms with van der Waals surface area (Å²) in [5.41, 5.74) is 0. The highest BCUT2D eigenvalue weighted by Crippen LogP contribution is 2.14. The van der Waals surface area contributed by atoms with Crippen LogP contribution in [0.1, 0.15) is 20.3 Å². The van der Waals surface area contributed by atoms with E-state index in [-0.39, 0.29) is 36.0 Å². The summed E-state index contributed by atoms with van der Waals surface area (Å²) in [6.45, 7) is 5.82. The molecule has 1 rings (SSSR count). The van der Waals surface area contributed by atoms with Gasteiger partial charge in [0.15, 0.2) is 0 Å². The van der Waals surface area contributed by atoms with E-state index < -0.39 is 9.84 Å². The molecule has 5 nitrogen and oxygen atoms in total. The van der Waals surface area contributed by atoms with Gasteiger partial charge in [0.2, 0.25) is 5.91 Å². The molecule has 2 unspecified atom stereocenters. The summed E-state index contributed by atoms with van der Waals surface area (Å²) in [4.78, 5) is 13.9. The Bertz CT molecular complexity index is 366. The van der Waals surface area contributed by atoms with Gasteiger partial charge in [0.05, 0.1) is 11.7 Å². The number of nitrogens with one attached hydrogen (secondary N) is 1. The van der Waals surface area contributed by atoms with Gasteiger partial charge in [-0.2, -0.15) is 0 Å². The maximum atomic E-state index is 12.2. The number of carbonyl (C=O) groups is 1. The Morgan fingerprint density at radius 2 is 2.11 bits per heavy atom. The highest BCUT2D eigenvalue weighted by molar-refractivity contribution is 7.90. The largest absolute Gasteiger partial charge is 0.339 e. The minimum absolute atomic E-state index is 0. The van der Waals surface area contributed by atoms with Gasteiger partial charge in [-0.3, -0.25) is 4.79 Å². The van der Waals surface area contributed by atoms with Crippen LogP contribution in [0, 0.1) is 5.92 Å². The molecule has 1 amide bonds. The smallest absolute Gasteiger partial charge is 0.227 e. The van der Waals surface area contributed by atoms with Crippen LogP contribution < -0.4 is 5.32 Å². The van der Waals surface area contributed by atoms with Crippen LogP contribution in [-0.2, 0) is 14.6 Å². The second-order valence-corrected chi connectivity index (χ2v) is 6.94. The van der Waals surface area contributed by atoms with Gasteiger partial charge < -0.3 is 10.2 Å². The normalized spacial score (nSPS) is 21.2. The molecule has 18 heavy (non-hydrogen) atoms. The van der Waals surface area contributed by atoms with Crippen LogP contribution in [0.15, 0.2) is 0 Å². The summed E-state index contributed by atoms with van der Waals surface area (Å²) < 4.78 is 22.5. The molecule has 1 saturated heterocycles. The number of sulfone groups is 1. The average Bonchev–Trinajstić information content (AvgIpc) is 2.68. The highest BCUT2D eigenvalue weighted by atomic mass is 35.5. The van der Waals surface area contributed by atoms with E-state index in [0.717, 1.165) is 13.0 Å². The summed E-state index contributed by atoms with van der Waals surface area (Å²) in [7, 11) is -3.05. The lowest BCUT2D eigenvalue weighted by molar-refractivity contribution is -0.136. The summed E-state index contributed by atoms with van der Waals surface area (Å²) in [6.07, 6.45) is 2.06. The van der Waals surface area contributed by atoms with Crippen molar-refractivity contribution in [1.82, 2.24) is 10.2 Å². The van der Waals surface area contributed by atoms with Crippen LogP contribution in [0.25, 0.3) is 0 Å². The zero-order valence-corrected chi connectivity index (χ0v) is 12.8. The van der Waals surface area contributed by atoms with Gasteiger partial charge in [-0.05, 0) is 26.8 Å².